The molecule has 0 radical (unpaired) electrons. The van der Waals surface area contributed by atoms with E-state index >= 15 is 0 Å². The smallest absolute Gasteiger partial charge is 0.133 e. The van der Waals surface area contributed by atoms with Crippen LogP contribution in [0.5, 0.6) is 0 Å². The second-order valence-electron chi connectivity index (χ2n) is 4.79. The number of Topliss-reactive ketones (excluding diaryl/α,β-unsaturated/α-hetero) is 1. The summed E-state index contributed by atoms with van der Waals surface area (Å²) in [4.78, 5) is 10.8. The van der Waals surface area contributed by atoms with Gasteiger partial charge < -0.3 is 0 Å². The maximum absolute atomic E-state index is 10.8. The van der Waals surface area contributed by atoms with E-state index in [0.29, 0.717) is 12.3 Å². The van der Waals surface area contributed by atoms with E-state index in [2.05, 4.69) is 32.9 Å². The summed E-state index contributed by atoms with van der Waals surface area (Å²) in [6.45, 7) is 8.37. The molecule has 0 fully saturated rings. The van der Waals surface area contributed by atoms with Gasteiger partial charge in [0, 0.05) is 6.42 Å². The highest BCUT2D eigenvalue weighted by atomic mass is 16.1. The molecular weight excluding hydrogens is 172 g/mol. The van der Waals surface area contributed by atoms with Crippen molar-refractivity contribution in [3.8, 4) is 0 Å². The summed E-state index contributed by atoms with van der Waals surface area (Å²) in [5.74, 6) is 0.809. The van der Waals surface area contributed by atoms with E-state index in [1.54, 1.807) is 6.92 Å². The van der Waals surface area contributed by atoms with Crippen molar-refractivity contribution < 1.29 is 4.79 Å². The fourth-order valence-corrected chi connectivity index (χ4v) is 1.87. The van der Waals surface area contributed by atoms with Crippen LogP contribution in [0.25, 0.3) is 0 Å². The normalized spacial score (nSPS) is 25.4. The van der Waals surface area contributed by atoms with E-state index in [0.717, 1.165) is 6.42 Å². The van der Waals surface area contributed by atoms with Crippen LogP contribution in [0.2, 0.25) is 0 Å². The zero-order chi connectivity index (χ0) is 10.8. The number of carbonyl (C=O) groups excluding carboxylic acids is 1. The Bertz CT molecular complexity index is 282. The van der Waals surface area contributed by atoms with E-state index in [-0.39, 0.29) is 11.2 Å². The first-order chi connectivity index (χ1) is 6.44. The Morgan fingerprint density at radius 2 is 2.29 bits per heavy atom. The van der Waals surface area contributed by atoms with E-state index in [9.17, 15) is 4.79 Å². The lowest BCUT2D eigenvalue weighted by Gasteiger charge is -2.27. The highest BCUT2D eigenvalue weighted by Crippen LogP contribution is 2.43. The van der Waals surface area contributed by atoms with Gasteiger partial charge in [-0.3, -0.25) is 4.79 Å². The fraction of sp³-hybridized carbons (Fsp3) is 0.615. The highest BCUT2D eigenvalue weighted by Gasteiger charge is 2.32. The van der Waals surface area contributed by atoms with Crippen LogP contribution in [0.15, 0.2) is 23.8 Å². The van der Waals surface area contributed by atoms with Gasteiger partial charge in [-0.05, 0) is 31.6 Å². The average Bonchev–Trinajstić information content (AvgIpc) is 2.30. The third kappa shape index (κ3) is 2.34. The Morgan fingerprint density at radius 1 is 1.64 bits per heavy atom. The van der Waals surface area contributed by atoms with Crippen molar-refractivity contribution in [2.75, 3.05) is 0 Å². The molecule has 0 N–H and O–H groups in total. The number of hydrogen-bond donors (Lipinski definition) is 0. The molecule has 0 bridgehead atoms. The van der Waals surface area contributed by atoms with Crippen LogP contribution in [0, 0.1) is 11.3 Å². The van der Waals surface area contributed by atoms with E-state index in [4.69, 9.17) is 0 Å². The molecule has 0 spiro atoms. The number of allylic oxidation sites excluding steroid dienone is 4. The zero-order valence-electron chi connectivity index (χ0n) is 9.63. The minimum Gasteiger partial charge on any atom is -0.300 e. The first-order valence-corrected chi connectivity index (χ1v) is 5.28. The molecule has 0 aliphatic heterocycles. The lowest BCUT2D eigenvalue weighted by atomic mass is 9.77. The van der Waals surface area contributed by atoms with Gasteiger partial charge in [0.1, 0.15) is 5.78 Å². The molecule has 0 saturated heterocycles. The number of rotatable bonds is 3. The van der Waals surface area contributed by atoms with Gasteiger partial charge in [-0.1, -0.05) is 37.6 Å². The van der Waals surface area contributed by atoms with Crippen molar-refractivity contribution in [3.63, 3.8) is 0 Å². The molecule has 1 nitrogen and oxygen atoms in total. The van der Waals surface area contributed by atoms with Gasteiger partial charge in [-0.25, -0.2) is 0 Å². The predicted molar refractivity (Wildman–Crippen MR) is 60.1 cm³/mol. The molecule has 0 aromatic carbocycles. The molecule has 1 aliphatic rings. The van der Waals surface area contributed by atoms with Crippen molar-refractivity contribution in [3.05, 3.63) is 23.8 Å². The van der Waals surface area contributed by atoms with E-state index in [1.807, 2.05) is 6.08 Å². The van der Waals surface area contributed by atoms with Gasteiger partial charge in [0.05, 0.1) is 0 Å². The molecule has 1 rings (SSSR count). The van der Waals surface area contributed by atoms with Crippen LogP contribution >= 0.6 is 0 Å². The van der Waals surface area contributed by atoms with Crippen molar-refractivity contribution >= 4 is 5.78 Å². The Labute approximate surface area is 86.9 Å². The van der Waals surface area contributed by atoms with Crippen molar-refractivity contribution in [1.29, 1.82) is 0 Å². The van der Waals surface area contributed by atoms with Crippen molar-refractivity contribution in [1.82, 2.24) is 0 Å². The number of carbonyl (C=O) groups is 1. The summed E-state index contributed by atoms with van der Waals surface area (Å²) in [6.07, 6.45) is 8.22. The van der Waals surface area contributed by atoms with Gasteiger partial charge in [-0.2, -0.15) is 0 Å². The maximum Gasteiger partial charge on any atom is 0.133 e. The summed E-state index contributed by atoms with van der Waals surface area (Å²) >= 11 is 0. The van der Waals surface area contributed by atoms with Crippen LogP contribution in [0.4, 0.5) is 0 Å². The van der Waals surface area contributed by atoms with Crippen LogP contribution < -0.4 is 0 Å². The molecule has 0 heterocycles. The summed E-state index contributed by atoms with van der Waals surface area (Å²) in [6, 6.07) is 0. The summed E-state index contributed by atoms with van der Waals surface area (Å²) < 4.78 is 0. The quantitative estimate of drug-likeness (QED) is 0.625. The topological polar surface area (TPSA) is 17.1 Å². The summed E-state index contributed by atoms with van der Waals surface area (Å²) in [5, 5.41) is 0. The summed E-state index contributed by atoms with van der Waals surface area (Å²) in [5.41, 5.74) is 1.74. The second-order valence-corrected chi connectivity index (χ2v) is 4.79. The molecule has 1 aliphatic carbocycles. The first kappa shape index (κ1) is 11.2. The Kier molecular flexibility index (Phi) is 3.30. The Balaban J connectivity index is 2.57. The second kappa shape index (κ2) is 4.12. The van der Waals surface area contributed by atoms with E-state index in [1.165, 1.54) is 5.57 Å². The minimum absolute atomic E-state index is 0.238. The number of hydrogen-bond acceptors (Lipinski definition) is 1. The maximum atomic E-state index is 10.8. The molecule has 78 valence electrons. The number of ketones is 1. The van der Waals surface area contributed by atoms with Gasteiger partial charge in [0.25, 0.3) is 0 Å². The standard InChI is InChI=1S/C13H20O/c1-10-8-9-12(13(10,3)4)7-5-6-11(2)14/h5,7-8,12H,6,9H2,1-4H3. The molecule has 0 saturated carbocycles. The van der Waals surface area contributed by atoms with Gasteiger partial charge in [0.2, 0.25) is 0 Å². The zero-order valence-corrected chi connectivity index (χ0v) is 9.63. The van der Waals surface area contributed by atoms with Crippen LogP contribution in [0.1, 0.15) is 40.5 Å². The van der Waals surface area contributed by atoms with Gasteiger partial charge in [-0.15, -0.1) is 0 Å². The lowest BCUT2D eigenvalue weighted by Crippen LogP contribution is -2.18. The lowest BCUT2D eigenvalue weighted by molar-refractivity contribution is -0.116. The average molecular weight is 192 g/mol. The molecule has 0 amide bonds. The van der Waals surface area contributed by atoms with Gasteiger partial charge in [0.15, 0.2) is 0 Å². The SMILES string of the molecule is CC(=O)CC=CC1CC=C(C)C1(C)C. The van der Waals surface area contributed by atoms with Crippen molar-refractivity contribution in [2.45, 2.75) is 40.5 Å². The molecular formula is C13H20O. The molecule has 14 heavy (non-hydrogen) atoms. The van der Waals surface area contributed by atoms with Gasteiger partial charge >= 0.3 is 0 Å². The molecule has 0 aromatic rings. The van der Waals surface area contributed by atoms with Crippen molar-refractivity contribution in [2.24, 2.45) is 11.3 Å². The predicted octanol–water partition coefficient (Wildman–Crippen LogP) is 3.51. The molecule has 1 heteroatoms. The largest absolute Gasteiger partial charge is 0.300 e. The summed E-state index contributed by atoms with van der Waals surface area (Å²) in [7, 11) is 0. The molecule has 0 aromatic heterocycles. The Hall–Kier alpha value is -0.850. The van der Waals surface area contributed by atoms with Crippen LogP contribution in [0.3, 0.4) is 0 Å². The minimum atomic E-state index is 0.238. The molecule has 1 unspecified atom stereocenters. The van der Waals surface area contributed by atoms with Crippen LogP contribution in [-0.2, 0) is 4.79 Å². The highest BCUT2D eigenvalue weighted by molar-refractivity contribution is 5.76. The monoisotopic (exact) mass is 192 g/mol. The fourth-order valence-electron chi connectivity index (χ4n) is 1.87. The third-order valence-corrected chi connectivity index (χ3v) is 3.39. The van der Waals surface area contributed by atoms with E-state index < -0.39 is 0 Å². The first-order valence-electron chi connectivity index (χ1n) is 5.28. The third-order valence-electron chi connectivity index (χ3n) is 3.39. The van der Waals surface area contributed by atoms with Crippen LogP contribution in [-0.4, -0.2) is 5.78 Å². The molecule has 1 atom stereocenters. The Morgan fingerprint density at radius 3 is 2.71 bits per heavy atom.